The Labute approximate surface area is 278 Å². The number of alkyl halides is 1. The van der Waals surface area contributed by atoms with Crippen molar-refractivity contribution in [3.63, 3.8) is 0 Å². The number of Topliss-reactive ketones (excluding diaryl/α,β-unsaturated/α-hetero) is 1. The number of fused-ring (bicyclic) bond motifs is 1. The quantitative estimate of drug-likeness (QED) is 0.0982. The Kier molecular flexibility index (Phi) is 9.90. The first kappa shape index (κ1) is 31.6. The number of hydrogen-bond donors (Lipinski definition) is 0. The molecule has 1 amide bonds. The molecule has 1 fully saturated rings. The average Bonchev–Trinajstić information content (AvgIpc) is 3.09. The molecule has 2 aliphatic rings. The standard InChI is InChI=1S/C37H32BrNO6S/c38-22-26-16-18-31(19-17-26)44-23-29-24-46(43)36-32(21-30(40)20-25-10-4-1-5-11-25)35(41)39(36)33(29)37(42)45-34(27-12-6-2-7-13-27)28-14-8-3-9-15-28/h1-19,32,34,36H,20-24H2/t32-,36-,46?/m1/s1. The van der Waals surface area contributed by atoms with Crippen LogP contribution in [0.4, 0.5) is 0 Å². The minimum absolute atomic E-state index is 0.0169. The third kappa shape index (κ3) is 6.90. The number of carbonyl (C=O) groups is 3. The van der Waals surface area contributed by atoms with Gasteiger partial charge < -0.3 is 9.47 Å². The lowest BCUT2D eigenvalue weighted by molar-refractivity contribution is -0.157. The maximum absolute atomic E-state index is 14.2. The van der Waals surface area contributed by atoms with E-state index < -0.39 is 40.1 Å². The van der Waals surface area contributed by atoms with Gasteiger partial charge in [-0.15, -0.1) is 0 Å². The van der Waals surface area contributed by atoms with Gasteiger partial charge in [-0.25, -0.2) is 4.79 Å². The third-order valence-corrected chi connectivity index (χ3v) is 10.5. The van der Waals surface area contributed by atoms with Gasteiger partial charge in [-0.2, -0.15) is 0 Å². The zero-order valence-corrected chi connectivity index (χ0v) is 27.3. The maximum Gasteiger partial charge on any atom is 0.356 e. The van der Waals surface area contributed by atoms with Crippen molar-refractivity contribution in [2.45, 2.75) is 29.6 Å². The molecule has 0 N–H and O–H groups in total. The van der Waals surface area contributed by atoms with Gasteiger partial charge in [0.15, 0.2) is 6.10 Å². The van der Waals surface area contributed by atoms with E-state index in [1.165, 1.54) is 4.90 Å². The molecule has 46 heavy (non-hydrogen) atoms. The van der Waals surface area contributed by atoms with E-state index >= 15 is 0 Å². The zero-order chi connectivity index (χ0) is 32.0. The van der Waals surface area contributed by atoms with Crippen LogP contribution in [-0.4, -0.2) is 44.5 Å². The number of esters is 1. The smallest absolute Gasteiger partial charge is 0.356 e. The Morgan fingerprint density at radius 3 is 2.00 bits per heavy atom. The molecule has 1 unspecified atom stereocenters. The summed E-state index contributed by atoms with van der Waals surface area (Å²) in [6.07, 6.45) is -0.616. The molecule has 0 aliphatic carbocycles. The molecular formula is C37H32BrNO6S. The summed E-state index contributed by atoms with van der Waals surface area (Å²) < 4.78 is 25.9. The van der Waals surface area contributed by atoms with Gasteiger partial charge >= 0.3 is 5.97 Å². The molecule has 2 aliphatic heterocycles. The van der Waals surface area contributed by atoms with Crippen molar-refractivity contribution >= 4 is 44.4 Å². The van der Waals surface area contributed by atoms with E-state index in [-0.39, 0.29) is 36.7 Å². The molecule has 6 rings (SSSR count). The van der Waals surface area contributed by atoms with Crippen LogP contribution in [0.1, 0.15) is 34.8 Å². The Morgan fingerprint density at radius 1 is 0.826 bits per heavy atom. The second-order valence-electron chi connectivity index (χ2n) is 11.3. The van der Waals surface area contributed by atoms with Gasteiger partial charge in [0.05, 0.1) is 11.7 Å². The fraction of sp³-hybridized carbons (Fsp3) is 0.216. The number of nitrogens with zero attached hydrogens (tertiary/aromatic N) is 1. The minimum Gasteiger partial charge on any atom is -0.489 e. The monoisotopic (exact) mass is 697 g/mol. The van der Waals surface area contributed by atoms with Gasteiger partial charge in [-0.1, -0.05) is 119 Å². The summed E-state index contributed by atoms with van der Waals surface area (Å²) in [5.74, 6) is -1.44. The van der Waals surface area contributed by atoms with Crippen LogP contribution in [0.3, 0.4) is 0 Å². The van der Waals surface area contributed by atoms with E-state index in [4.69, 9.17) is 9.47 Å². The number of halogens is 1. The van der Waals surface area contributed by atoms with Gasteiger partial charge in [-0.3, -0.25) is 18.7 Å². The van der Waals surface area contributed by atoms with Crippen molar-refractivity contribution in [3.8, 4) is 5.75 Å². The largest absolute Gasteiger partial charge is 0.489 e. The lowest BCUT2D eigenvalue weighted by Gasteiger charge is -2.49. The molecular weight excluding hydrogens is 666 g/mol. The molecule has 4 aromatic rings. The van der Waals surface area contributed by atoms with Crippen LogP contribution in [0.25, 0.3) is 0 Å². The Hall–Kier alpha value is -4.34. The summed E-state index contributed by atoms with van der Waals surface area (Å²) >= 11 is 3.44. The van der Waals surface area contributed by atoms with Crippen LogP contribution in [0.2, 0.25) is 0 Å². The predicted molar refractivity (Wildman–Crippen MR) is 179 cm³/mol. The van der Waals surface area contributed by atoms with E-state index in [0.717, 1.165) is 22.3 Å². The molecule has 0 saturated carbocycles. The van der Waals surface area contributed by atoms with Crippen LogP contribution < -0.4 is 4.74 Å². The average molecular weight is 699 g/mol. The molecule has 0 aromatic heterocycles. The van der Waals surface area contributed by atoms with E-state index in [1.54, 1.807) is 0 Å². The van der Waals surface area contributed by atoms with Crippen LogP contribution in [-0.2, 0) is 41.7 Å². The molecule has 0 bridgehead atoms. The lowest BCUT2D eigenvalue weighted by Crippen LogP contribution is -2.66. The molecule has 234 valence electrons. The van der Waals surface area contributed by atoms with Crippen molar-refractivity contribution in [1.29, 1.82) is 0 Å². The Balaban J connectivity index is 1.29. The van der Waals surface area contributed by atoms with Crippen molar-refractivity contribution in [3.05, 3.63) is 149 Å². The maximum atomic E-state index is 14.2. The SMILES string of the molecule is O=C(Cc1ccccc1)C[C@@H]1C(=O)N2C(C(=O)OC(c3ccccc3)c3ccccc3)=C(COc3ccc(CBr)cc3)CS(=O)[C@H]12. The van der Waals surface area contributed by atoms with E-state index in [1.807, 2.05) is 115 Å². The fourth-order valence-corrected chi connectivity index (χ4v) is 7.96. The van der Waals surface area contributed by atoms with Gasteiger partial charge in [-0.05, 0) is 34.4 Å². The van der Waals surface area contributed by atoms with Crippen molar-refractivity contribution in [2.24, 2.45) is 5.92 Å². The number of ketones is 1. The Bertz CT molecular complexity index is 1720. The number of amides is 1. The zero-order valence-electron chi connectivity index (χ0n) is 24.9. The van der Waals surface area contributed by atoms with E-state index in [9.17, 15) is 18.6 Å². The number of carbonyl (C=O) groups excluding carboxylic acids is 3. The molecule has 3 atom stereocenters. The number of hydrogen-bond acceptors (Lipinski definition) is 6. The van der Waals surface area contributed by atoms with Gasteiger partial charge in [0, 0.05) is 34.5 Å². The topological polar surface area (TPSA) is 90.0 Å². The molecule has 9 heteroatoms. The summed E-state index contributed by atoms with van der Waals surface area (Å²) in [5.41, 5.74) is 3.90. The molecule has 7 nitrogen and oxygen atoms in total. The summed E-state index contributed by atoms with van der Waals surface area (Å²) in [4.78, 5) is 42.2. The van der Waals surface area contributed by atoms with Crippen LogP contribution in [0.5, 0.6) is 5.75 Å². The first-order valence-electron chi connectivity index (χ1n) is 15.0. The minimum atomic E-state index is -1.56. The van der Waals surface area contributed by atoms with Crippen molar-refractivity contribution < 1.29 is 28.1 Å². The highest BCUT2D eigenvalue weighted by atomic mass is 79.9. The van der Waals surface area contributed by atoms with Crippen molar-refractivity contribution in [1.82, 2.24) is 4.90 Å². The first-order valence-corrected chi connectivity index (χ1v) is 17.5. The van der Waals surface area contributed by atoms with Crippen LogP contribution >= 0.6 is 15.9 Å². The van der Waals surface area contributed by atoms with E-state index in [2.05, 4.69) is 15.9 Å². The molecule has 4 aromatic carbocycles. The molecule has 0 spiro atoms. The second kappa shape index (κ2) is 14.4. The summed E-state index contributed by atoms with van der Waals surface area (Å²) in [6.45, 7) is -0.0563. The summed E-state index contributed by atoms with van der Waals surface area (Å²) in [6, 6.07) is 35.5. The van der Waals surface area contributed by atoms with Crippen LogP contribution in [0, 0.1) is 5.92 Å². The van der Waals surface area contributed by atoms with Gasteiger partial charge in [0.25, 0.3) is 0 Å². The number of rotatable bonds is 12. The second-order valence-corrected chi connectivity index (χ2v) is 13.4. The van der Waals surface area contributed by atoms with E-state index in [0.29, 0.717) is 16.7 Å². The number of benzene rings is 4. The number of β-lactam (4-membered cyclic amide) rings is 1. The molecule has 0 radical (unpaired) electrons. The predicted octanol–water partition coefficient (Wildman–Crippen LogP) is 6.30. The van der Waals surface area contributed by atoms with Crippen LogP contribution in [0.15, 0.2) is 127 Å². The molecule has 2 heterocycles. The van der Waals surface area contributed by atoms with Gasteiger partial charge in [0.1, 0.15) is 29.2 Å². The lowest BCUT2D eigenvalue weighted by atomic mass is 9.89. The first-order chi connectivity index (χ1) is 22.4. The number of ether oxygens (including phenoxy) is 2. The highest BCUT2D eigenvalue weighted by molar-refractivity contribution is 9.08. The summed E-state index contributed by atoms with van der Waals surface area (Å²) in [5, 5.41) is -0.103. The third-order valence-electron chi connectivity index (χ3n) is 8.12. The van der Waals surface area contributed by atoms with Crippen molar-refractivity contribution in [2.75, 3.05) is 12.4 Å². The normalized spacial score (nSPS) is 19.0. The highest BCUT2D eigenvalue weighted by Crippen LogP contribution is 2.42. The fourth-order valence-electron chi connectivity index (χ4n) is 5.83. The van der Waals surface area contributed by atoms with Gasteiger partial charge in [0.2, 0.25) is 5.91 Å². The Morgan fingerprint density at radius 2 is 1.41 bits per heavy atom. The molecule has 1 saturated heterocycles. The summed E-state index contributed by atoms with van der Waals surface area (Å²) in [7, 11) is -1.56. The highest BCUT2D eigenvalue weighted by Gasteiger charge is 2.57.